The zero-order chi connectivity index (χ0) is 13.4. The summed E-state index contributed by atoms with van der Waals surface area (Å²) in [6.45, 7) is 3.53. The van der Waals surface area contributed by atoms with Gasteiger partial charge >= 0.3 is 0 Å². The maximum atomic E-state index is 12.6. The number of nitrogens with zero attached hydrogens (tertiary/aromatic N) is 2. The molecule has 21 heavy (non-hydrogen) atoms. The van der Waals surface area contributed by atoms with Crippen LogP contribution in [0.15, 0.2) is 23.7 Å². The molecule has 1 aliphatic rings. The highest BCUT2D eigenvalue weighted by atomic mass is 35.5. The standard InChI is InChI=1S/C14H17N3OS.2ClH/c1-9-4-10(6-15)7-17(9)14(18)11-2-3-12-13(5-11)19-8-16-12;;/h2-3,5,8-10H,4,6-7,15H2,1H3;2*1H. The van der Waals surface area contributed by atoms with Gasteiger partial charge in [-0.15, -0.1) is 36.2 Å². The van der Waals surface area contributed by atoms with Gasteiger partial charge in [0.05, 0.1) is 15.7 Å². The molecule has 0 saturated carbocycles. The molecule has 1 fully saturated rings. The van der Waals surface area contributed by atoms with Gasteiger partial charge in [0.15, 0.2) is 0 Å². The van der Waals surface area contributed by atoms with Crippen LogP contribution in [0.3, 0.4) is 0 Å². The normalized spacial score (nSPS) is 21.0. The Balaban J connectivity index is 0.00000110. The molecule has 2 atom stereocenters. The molecule has 116 valence electrons. The fourth-order valence-corrected chi connectivity index (χ4v) is 3.47. The SMILES string of the molecule is CC1CC(CN)CN1C(=O)c1ccc2ncsc2c1.Cl.Cl. The Morgan fingerprint density at radius 3 is 2.90 bits per heavy atom. The predicted octanol–water partition coefficient (Wildman–Crippen LogP) is 2.95. The van der Waals surface area contributed by atoms with Crippen LogP contribution in [0.1, 0.15) is 23.7 Å². The molecule has 1 amide bonds. The van der Waals surface area contributed by atoms with Crippen molar-refractivity contribution in [3.05, 3.63) is 29.3 Å². The summed E-state index contributed by atoms with van der Waals surface area (Å²) >= 11 is 1.57. The molecule has 0 radical (unpaired) electrons. The van der Waals surface area contributed by atoms with Crippen molar-refractivity contribution in [2.75, 3.05) is 13.1 Å². The number of thiazole rings is 1. The third-order valence-corrected chi connectivity index (χ3v) is 4.63. The zero-order valence-corrected chi connectivity index (χ0v) is 14.1. The Bertz CT molecular complexity index is 619. The van der Waals surface area contributed by atoms with E-state index in [-0.39, 0.29) is 36.8 Å². The predicted molar refractivity (Wildman–Crippen MR) is 91.8 cm³/mol. The van der Waals surface area contributed by atoms with Crippen molar-refractivity contribution in [2.45, 2.75) is 19.4 Å². The van der Waals surface area contributed by atoms with Gasteiger partial charge in [-0.25, -0.2) is 4.98 Å². The highest BCUT2D eigenvalue weighted by molar-refractivity contribution is 7.16. The van der Waals surface area contributed by atoms with Gasteiger partial charge in [-0.3, -0.25) is 4.79 Å². The Hall–Kier alpha value is -0.880. The van der Waals surface area contributed by atoms with Gasteiger partial charge in [0.1, 0.15) is 0 Å². The fraction of sp³-hybridized carbons (Fsp3) is 0.429. The molecule has 2 heterocycles. The van der Waals surface area contributed by atoms with E-state index in [9.17, 15) is 4.79 Å². The Labute approximate surface area is 140 Å². The molecule has 2 N–H and O–H groups in total. The summed E-state index contributed by atoms with van der Waals surface area (Å²) < 4.78 is 1.06. The van der Waals surface area contributed by atoms with E-state index < -0.39 is 0 Å². The third-order valence-electron chi connectivity index (χ3n) is 3.83. The second-order valence-electron chi connectivity index (χ2n) is 5.18. The number of nitrogens with two attached hydrogens (primary N) is 1. The zero-order valence-electron chi connectivity index (χ0n) is 11.7. The number of carbonyl (C=O) groups excluding carboxylic acids is 1. The van der Waals surface area contributed by atoms with E-state index in [1.54, 1.807) is 11.3 Å². The van der Waals surface area contributed by atoms with Gasteiger partial charge in [-0.05, 0) is 44.0 Å². The Kier molecular flexibility index (Phi) is 6.41. The quantitative estimate of drug-likeness (QED) is 0.908. The number of fused-ring (bicyclic) bond motifs is 1. The summed E-state index contributed by atoms with van der Waals surface area (Å²) in [6.07, 6.45) is 1.01. The molecular weight excluding hydrogens is 329 g/mol. The van der Waals surface area contributed by atoms with Crippen molar-refractivity contribution in [3.63, 3.8) is 0 Å². The van der Waals surface area contributed by atoms with Gasteiger partial charge in [-0.2, -0.15) is 0 Å². The van der Waals surface area contributed by atoms with Crippen LogP contribution >= 0.6 is 36.2 Å². The highest BCUT2D eigenvalue weighted by Crippen LogP contribution is 2.26. The number of hydrogen-bond donors (Lipinski definition) is 1. The van der Waals surface area contributed by atoms with Gasteiger partial charge in [0.25, 0.3) is 5.91 Å². The molecule has 0 spiro atoms. The van der Waals surface area contributed by atoms with E-state index in [2.05, 4.69) is 11.9 Å². The van der Waals surface area contributed by atoms with E-state index >= 15 is 0 Å². The Morgan fingerprint density at radius 2 is 2.24 bits per heavy atom. The van der Waals surface area contributed by atoms with Crippen molar-refractivity contribution >= 4 is 52.3 Å². The summed E-state index contributed by atoms with van der Waals surface area (Å²) in [5, 5.41) is 0. The fourth-order valence-electron chi connectivity index (χ4n) is 2.75. The number of carbonyl (C=O) groups is 1. The molecule has 0 bridgehead atoms. The van der Waals surface area contributed by atoms with Crippen molar-refractivity contribution in [1.82, 2.24) is 9.88 Å². The van der Waals surface area contributed by atoms with Crippen molar-refractivity contribution in [2.24, 2.45) is 11.7 Å². The van der Waals surface area contributed by atoms with E-state index in [1.807, 2.05) is 28.6 Å². The lowest BCUT2D eigenvalue weighted by molar-refractivity contribution is 0.0743. The van der Waals surface area contributed by atoms with Crippen LogP contribution in [0.4, 0.5) is 0 Å². The summed E-state index contributed by atoms with van der Waals surface area (Å²) in [6, 6.07) is 6.00. The number of aromatic nitrogens is 1. The first-order chi connectivity index (χ1) is 9.19. The second-order valence-corrected chi connectivity index (χ2v) is 6.07. The summed E-state index contributed by atoms with van der Waals surface area (Å²) in [5.41, 5.74) is 9.23. The number of likely N-dealkylation sites (tertiary alicyclic amines) is 1. The molecule has 2 unspecified atom stereocenters. The molecule has 3 rings (SSSR count). The van der Waals surface area contributed by atoms with Crippen molar-refractivity contribution < 1.29 is 4.79 Å². The topological polar surface area (TPSA) is 59.2 Å². The first-order valence-corrected chi connectivity index (χ1v) is 7.41. The van der Waals surface area contributed by atoms with Crippen molar-refractivity contribution in [1.29, 1.82) is 0 Å². The third kappa shape index (κ3) is 3.48. The highest BCUT2D eigenvalue weighted by Gasteiger charge is 2.32. The van der Waals surface area contributed by atoms with Gasteiger partial charge < -0.3 is 10.6 Å². The first-order valence-electron chi connectivity index (χ1n) is 6.53. The van der Waals surface area contributed by atoms with Crippen LogP contribution in [0, 0.1) is 5.92 Å². The van der Waals surface area contributed by atoms with Crippen LogP contribution in [-0.4, -0.2) is 34.9 Å². The molecule has 1 aliphatic heterocycles. The van der Waals surface area contributed by atoms with Crippen LogP contribution in [0.2, 0.25) is 0 Å². The number of hydrogen-bond acceptors (Lipinski definition) is 4. The van der Waals surface area contributed by atoms with Gasteiger partial charge in [-0.1, -0.05) is 0 Å². The van der Waals surface area contributed by atoms with Crippen LogP contribution in [0.5, 0.6) is 0 Å². The minimum absolute atomic E-state index is 0. The molecule has 0 aliphatic carbocycles. The van der Waals surface area contributed by atoms with Crippen LogP contribution in [0.25, 0.3) is 10.2 Å². The maximum absolute atomic E-state index is 12.6. The smallest absolute Gasteiger partial charge is 0.254 e. The second kappa shape index (κ2) is 7.40. The number of amides is 1. The van der Waals surface area contributed by atoms with E-state index in [4.69, 9.17) is 5.73 Å². The van der Waals surface area contributed by atoms with E-state index in [1.165, 1.54) is 0 Å². The average Bonchev–Trinajstić information content (AvgIpc) is 3.02. The van der Waals surface area contributed by atoms with Gasteiger partial charge in [0.2, 0.25) is 0 Å². The lowest BCUT2D eigenvalue weighted by atomic mass is 10.1. The first kappa shape index (κ1) is 18.2. The molecule has 2 aromatic rings. The van der Waals surface area contributed by atoms with E-state index in [0.29, 0.717) is 12.5 Å². The van der Waals surface area contributed by atoms with Crippen LogP contribution < -0.4 is 5.73 Å². The molecule has 4 nitrogen and oxygen atoms in total. The van der Waals surface area contributed by atoms with Crippen LogP contribution in [-0.2, 0) is 0 Å². The van der Waals surface area contributed by atoms with Gasteiger partial charge in [0, 0.05) is 18.2 Å². The average molecular weight is 348 g/mol. The lowest BCUT2D eigenvalue weighted by Gasteiger charge is -2.21. The number of halogens is 2. The van der Waals surface area contributed by atoms with E-state index in [0.717, 1.165) is 28.7 Å². The summed E-state index contributed by atoms with van der Waals surface area (Å²) in [5.74, 6) is 0.546. The van der Waals surface area contributed by atoms with Crippen molar-refractivity contribution in [3.8, 4) is 0 Å². The maximum Gasteiger partial charge on any atom is 0.254 e. The molecule has 1 aromatic carbocycles. The number of benzene rings is 1. The Morgan fingerprint density at radius 1 is 1.48 bits per heavy atom. The number of rotatable bonds is 2. The molecular formula is C14H19Cl2N3OS. The molecule has 7 heteroatoms. The lowest BCUT2D eigenvalue weighted by Crippen LogP contribution is -2.34. The minimum Gasteiger partial charge on any atom is -0.336 e. The molecule has 1 saturated heterocycles. The molecule has 1 aromatic heterocycles. The largest absolute Gasteiger partial charge is 0.336 e. The minimum atomic E-state index is 0. The summed E-state index contributed by atoms with van der Waals surface area (Å²) in [4.78, 5) is 18.7. The monoisotopic (exact) mass is 347 g/mol. The summed E-state index contributed by atoms with van der Waals surface area (Å²) in [7, 11) is 0.